The van der Waals surface area contributed by atoms with Gasteiger partial charge in [-0.25, -0.2) is 8.78 Å². The number of hydrogen-bond acceptors (Lipinski definition) is 2. The monoisotopic (exact) mass is 359 g/mol. The first kappa shape index (κ1) is 15.9. The van der Waals surface area contributed by atoms with Crippen LogP contribution in [0.15, 0.2) is 34.8 Å². The molecular formula is C15H13BrF3NO. The second-order valence-electron chi connectivity index (χ2n) is 4.49. The van der Waals surface area contributed by atoms with Crippen molar-refractivity contribution in [2.75, 3.05) is 7.05 Å². The third-order valence-corrected chi connectivity index (χ3v) is 3.51. The molecule has 2 nitrogen and oxygen atoms in total. The highest BCUT2D eigenvalue weighted by atomic mass is 79.9. The Hall–Kier alpha value is -1.53. The minimum atomic E-state index is -1.09. The molecule has 0 saturated carbocycles. The lowest BCUT2D eigenvalue weighted by Crippen LogP contribution is -2.13. The van der Waals surface area contributed by atoms with Crippen LogP contribution in [-0.4, -0.2) is 7.05 Å². The number of rotatable bonds is 4. The minimum Gasteiger partial charge on any atom is -0.454 e. The van der Waals surface area contributed by atoms with Gasteiger partial charge in [-0.3, -0.25) is 0 Å². The summed E-state index contributed by atoms with van der Waals surface area (Å²) in [5.74, 6) is -2.55. The molecule has 0 aliphatic rings. The van der Waals surface area contributed by atoms with Crippen molar-refractivity contribution in [3.63, 3.8) is 0 Å². The Morgan fingerprint density at radius 3 is 2.48 bits per heavy atom. The van der Waals surface area contributed by atoms with E-state index in [0.717, 1.165) is 6.07 Å². The maximum Gasteiger partial charge on any atom is 0.201 e. The molecule has 1 unspecified atom stereocenters. The topological polar surface area (TPSA) is 21.3 Å². The van der Waals surface area contributed by atoms with Gasteiger partial charge in [-0.15, -0.1) is 0 Å². The average molecular weight is 360 g/mol. The van der Waals surface area contributed by atoms with Crippen LogP contribution in [0, 0.1) is 17.5 Å². The van der Waals surface area contributed by atoms with Crippen LogP contribution in [-0.2, 0) is 0 Å². The number of benzene rings is 2. The van der Waals surface area contributed by atoms with E-state index >= 15 is 0 Å². The lowest BCUT2D eigenvalue weighted by Gasteiger charge is -2.17. The lowest BCUT2D eigenvalue weighted by molar-refractivity contribution is 0.407. The molecule has 6 heteroatoms. The summed E-state index contributed by atoms with van der Waals surface area (Å²) in [7, 11) is 1.71. The highest BCUT2D eigenvalue weighted by Gasteiger charge is 2.16. The van der Waals surface area contributed by atoms with Crippen LogP contribution in [0.2, 0.25) is 0 Å². The van der Waals surface area contributed by atoms with Crippen molar-refractivity contribution in [3.8, 4) is 11.5 Å². The first-order chi connectivity index (χ1) is 9.92. The van der Waals surface area contributed by atoms with Crippen molar-refractivity contribution >= 4 is 15.9 Å². The summed E-state index contributed by atoms with van der Waals surface area (Å²) in [5.41, 5.74) is 0.511. The van der Waals surface area contributed by atoms with Crippen LogP contribution in [0.1, 0.15) is 18.5 Å². The van der Waals surface area contributed by atoms with E-state index in [1.807, 2.05) is 0 Å². The van der Waals surface area contributed by atoms with E-state index < -0.39 is 17.5 Å². The molecule has 1 N–H and O–H groups in total. The fourth-order valence-corrected chi connectivity index (χ4v) is 2.24. The molecule has 1 atom stereocenters. The quantitative estimate of drug-likeness (QED) is 0.780. The fraction of sp³-hybridized carbons (Fsp3) is 0.200. The molecule has 0 heterocycles. The first-order valence-electron chi connectivity index (χ1n) is 6.21. The minimum absolute atomic E-state index is 0.212. The second-order valence-corrected chi connectivity index (χ2v) is 5.41. The van der Waals surface area contributed by atoms with Gasteiger partial charge in [0.15, 0.2) is 11.6 Å². The Bertz CT molecular complexity index is 664. The van der Waals surface area contributed by atoms with Gasteiger partial charge >= 0.3 is 0 Å². The van der Waals surface area contributed by atoms with Gasteiger partial charge in [0.2, 0.25) is 5.82 Å². The second kappa shape index (κ2) is 6.49. The van der Waals surface area contributed by atoms with E-state index in [9.17, 15) is 13.2 Å². The van der Waals surface area contributed by atoms with E-state index in [1.165, 1.54) is 24.3 Å². The highest BCUT2D eigenvalue weighted by molar-refractivity contribution is 9.10. The molecule has 2 aromatic carbocycles. The Balaban J connectivity index is 2.45. The molecule has 0 amide bonds. The Kier molecular flexibility index (Phi) is 4.90. The molecule has 21 heavy (non-hydrogen) atoms. The molecule has 0 aromatic heterocycles. The predicted molar refractivity (Wildman–Crippen MR) is 78.0 cm³/mol. The molecule has 0 aliphatic carbocycles. The molecule has 0 saturated heterocycles. The average Bonchev–Trinajstić information content (AvgIpc) is 2.45. The van der Waals surface area contributed by atoms with Crippen LogP contribution in [0.4, 0.5) is 13.2 Å². The summed E-state index contributed by atoms with van der Waals surface area (Å²) in [6.07, 6.45) is 0. The summed E-state index contributed by atoms with van der Waals surface area (Å²) in [5, 5.41) is 2.95. The van der Waals surface area contributed by atoms with Gasteiger partial charge in [0.25, 0.3) is 0 Å². The summed E-state index contributed by atoms with van der Waals surface area (Å²) in [4.78, 5) is 0. The lowest BCUT2D eigenvalue weighted by atomic mass is 10.1. The maximum absolute atomic E-state index is 13.8. The Labute approximate surface area is 129 Å². The summed E-state index contributed by atoms with van der Waals surface area (Å²) < 4.78 is 46.3. The van der Waals surface area contributed by atoms with Crippen molar-refractivity contribution in [1.82, 2.24) is 5.32 Å². The van der Waals surface area contributed by atoms with Crippen molar-refractivity contribution < 1.29 is 17.9 Å². The Morgan fingerprint density at radius 2 is 1.81 bits per heavy atom. The molecule has 2 aromatic rings. The molecule has 0 fully saturated rings. The fourth-order valence-electron chi connectivity index (χ4n) is 1.83. The van der Waals surface area contributed by atoms with Crippen molar-refractivity contribution in [2.24, 2.45) is 0 Å². The highest BCUT2D eigenvalue weighted by Crippen LogP contribution is 2.33. The van der Waals surface area contributed by atoms with Gasteiger partial charge in [-0.05, 0) is 44.3 Å². The van der Waals surface area contributed by atoms with Gasteiger partial charge in [0.05, 0.1) is 0 Å². The third kappa shape index (κ3) is 3.57. The van der Waals surface area contributed by atoms with Gasteiger partial charge < -0.3 is 10.1 Å². The molecule has 0 spiro atoms. The van der Waals surface area contributed by atoms with Crippen LogP contribution in [0.3, 0.4) is 0 Å². The molecule has 0 bridgehead atoms. The maximum atomic E-state index is 13.8. The number of halogens is 4. The van der Waals surface area contributed by atoms with Crippen molar-refractivity contribution in [2.45, 2.75) is 13.0 Å². The van der Waals surface area contributed by atoms with E-state index in [2.05, 4.69) is 21.2 Å². The van der Waals surface area contributed by atoms with E-state index in [4.69, 9.17) is 4.74 Å². The zero-order valence-electron chi connectivity index (χ0n) is 11.4. The number of nitrogens with one attached hydrogen (secondary N) is 1. The zero-order valence-corrected chi connectivity index (χ0v) is 13.0. The van der Waals surface area contributed by atoms with Crippen LogP contribution >= 0.6 is 15.9 Å². The molecule has 2 rings (SSSR count). The van der Waals surface area contributed by atoms with Gasteiger partial charge in [0, 0.05) is 16.1 Å². The summed E-state index contributed by atoms with van der Waals surface area (Å²) in [6.45, 7) is 1.81. The van der Waals surface area contributed by atoms with Crippen LogP contribution in [0.25, 0.3) is 0 Å². The summed E-state index contributed by atoms with van der Waals surface area (Å²) in [6, 6.07) is 5.99. The molecular weight excluding hydrogens is 347 g/mol. The SMILES string of the molecule is CNC(C)c1cc(F)ccc1Oc1cc(Br)cc(F)c1F. The van der Waals surface area contributed by atoms with Gasteiger partial charge in [-0.1, -0.05) is 15.9 Å². The van der Waals surface area contributed by atoms with Crippen molar-refractivity contribution in [1.29, 1.82) is 0 Å². The number of hydrogen-bond donors (Lipinski definition) is 1. The normalized spacial score (nSPS) is 12.3. The third-order valence-electron chi connectivity index (χ3n) is 3.05. The van der Waals surface area contributed by atoms with E-state index in [-0.39, 0.29) is 17.5 Å². The van der Waals surface area contributed by atoms with Crippen LogP contribution < -0.4 is 10.1 Å². The zero-order chi connectivity index (χ0) is 15.6. The van der Waals surface area contributed by atoms with Gasteiger partial charge in [-0.2, -0.15) is 4.39 Å². The summed E-state index contributed by atoms with van der Waals surface area (Å²) >= 11 is 3.07. The molecule has 112 valence electrons. The molecule has 0 aliphatic heterocycles. The van der Waals surface area contributed by atoms with Crippen LogP contribution in [0.5, 0.6) is 11.5 Å². The van der Waals surface area contributed by atoms with Gasteiger partial charge in [0.1, 0.15) is 11.6 Å². The van der Waals surface area contributed by atoms with E-state index in [0.29, 0.717) is 10.0 Å². The first-order valence-corrected chi connectivity index (χ1v) is 7.00. The smallest absolute Gasteiger partial charge is 0.201 e. The molecule has 0 radical (unpaired) electrons. The predicted octanol–water partition coefficient (Wildman–Crippen LogP) is 4.94. The van der Waals surface area contributed by atoms with E-state index in [1.54, 1.807) is 14.0 Å². The largest absolute Gasteiger partial charge is 0.454 e. The standard InChI is InChI=1S/C15H13BrF3NO/c1-8(20-2)11-7-10(17)3-4-13(11)21-14-6-9(16)5-12(18)15(14)19/h3-8,20H,1-2H3. The van der Waals surface area contributed by atoms with Crippen molar-refractivity contribution in [3.05, 3.63) is 57.8 Å². The Morgan fingerprint density at radius 1 is 1.10 bits per heavy atom. The number of ether oxygens (including phenoxy) is 1.